The molecule has 0 N–H and O–H groups in total. The molecule has 7 rings (SSSR count). The Bertz CT molecular complexity index is 2120. The number of nitrogens with zero attached hydrogens (tertiary/aromatic N) is 4. The van der Waals surface area contributed by atoms with Gasteiger partial charge in [-0.25, -0.2) is 0 Å². The quantitative estimate of drug-likeness (QED) is 0.0663. The van der Waals surface area contributed by atoms with E-state index >= 15 is 0 Å². The minimum Gasteiger partial charge on any atom is -0.497 e. The van der Waals surface area contributed by atoms with Crippen molar-refractivity contribution in [2.24, 2.45) is 5.10 Å². The zero-order valence-electron chi connectivity index (χ0n) is 32.7. The van der Waals surface area contributed by atoms with Gasteiger partial charge in [0.2, 0.25) is 0 Å². The monoisotopic (exact) mass is 742 g/mol. The molecule has 0 amide bonds. The van der Waals surface area contributed by atoms with Crippen LogP contribution in [0.2, 0.25) is 0 Å². The molecule has 56 heavy (non-hydrogen) atoms. The summed E-state index contributed by atoms with van der Waals surface area (Å²) in [5.41, 5.74) is 9.82. The Balaban J connectivity index is 1.46. The van der Waals surface area contributed by atoms with E-state index in [9.17, 15) is 0 Å². The minimum absolute atomic E-state index is 0.779. The molecule has 1 aliphatic carbocycles. The lowest BCUT2D eigenvalue weighted by molar-refractivity contribution is 0.206. The van der Waals surface area contributed by atoms with Crippen LogP contribution >= 0.6 is 0 Å². The number of ether oxygens (including phenoxy) is 4. The summed E-state index contributed by atoms with van der Waals surface area (Å²) >= 11 is 0. The van der Waals surface area contributed by atoms with Gasteiger partial charge < -0.3 is 28.7 Å². The van der Waals surface area contributed by atoms with E-state index in [0.29, 0.717) is 0 Å². The lowest BCUT2D eigenvalue weighted by Gasteiger charge is -2.43. The van der Waals surface area contributed by atoms with E-state index in [1.165, 1.54) is 0 Å². The molecule has 8 nitrogen and oxygen atoms in total. The van der Waals surface area contributed by atoms with Gasteiger partial charge in [0.25, 0.3) is 0 Å². The summed E-state index contributed by atoms with van der Waals surface area (Å²) in [5, 5.41) is 6.55. The highest BCUT2D eigenvalue weighted by Gasteiger charge is 2.44. The maximum atomic E-state index is 5.52. The van der Waals surface area contributed by atoms with Gasteiger partial charge in [0.05, 0.1) is 28.4 Å². The maximum absolute atomic E-state index is 5.52. The number of methoxy groups -OCH3 is 4. The SMILES string of the molecule is C=NN(C)C1(C(=C)C)c2cc(N(c3ccc(OC)cc3)c3ccc(OC)cc3)ccc2C=Cc2ccc(N(c3ccc(OC)cc3)c3ccc(OC)cc3)cc21. The summed E-state index contributed by atoms with van der Waals surface area (Å²) in [4.78, 5) is 4.45. The van der Waals surface area contributed by atoms with Crippen LogP contribution in [0.15, 0.2) is 151 Å². The molecule has 0 aromatic heterocycles. The Morgan fingerprint density at radius 3 is 1.02 bits per heavy atom. The van der Waals surface area contributed by atoms with Gasteiger partial charge in [-0.3, -0.25) is 5.01 Å². The Kier molecular flexibility index (Phi) is 10.6. The first-order valence-corrected chi connectivity index (χ1v) is 18.3. The van der Waals surface area contributed by atoms with Crippen molar-refractivity contribution in [3.63, 3.8) is 0 Å². The molecule has 0 radical (unpaired) electrons. The summed E-state index contributed by atoms with van der Waals surface area (Å²) in [5.74, 6) is 3.12. The van der Waals surface area contributed by atoms with Crippen LogP contribution in [0.3, 0.4) is 0 Å². The molecule has 0 spiro atoms. The maximum Gasteiger partial charge on any atom is 0.129 e. The molecule has 0 heterocycles. The van der Waals surface area contributed by atoms with Crippen molar-refractivity contribution in [3.05, 3.63) is 168 Å². The highest BCUT2D eigenvalue weighted by Crippen LogP contribution is 2.50. The van der Waals surface area contributed by atoms with Crippen LogP contribution in [-0.2, 0) is 5.54 Å². The van der Waals surface area contributed by atoms with Crippen LogP contribution in [0.4, 0.5) is 34.1 Å². The van der Waals surface area contributed by atoms with E-state index < -0.39 is 5.54 Å². The van der Waals surface area contributed by atoms with Crippen molar-refractivity contribution in [1.29, 1.82) is 0 Å². The lowest BCUT2D eigenvalue weighted by atomic mass is 9.74. The van der Waals surface area contributed by atoms with E-state index in [0.717, 1.165) is 84.9 Å². The lowest BCUT2D eigenvalue weighted by Crippen LogP contribution is -2.43. The molecular weight excluding hydrogens is 697 g/mol. The van der Waals surface area contributed by atoms with Gasteiger partial charge in [-0.1, -0.05) is 30.9 Å². The number of anilines is 6. The second-order valence-corrected chi connectivity index (χ2v) is 13.5. The summed E-state index contributed by atoms with van der Waals surface area (Å²) in [6.45, 7) is 10.8. The number of hydrogen-bond donors (Lipinski definition) is 0. The molecule has 1 aliphatic rings. The number of likely N-dealkylation sites (N-methyl/N-ethyl adjacent to an activating group) is 1. The number of rotatable bonds is 13. The van der Waals surface area contributed by atoms with Crippen LogP contribution in [0.1, 0.15) is 29.2 Å². The van der Waals surface area contributed by atoms with Crippen molar-refractivity contribution in [1.82, 2.24) is 5.01 Å². The Hall–Kier alpha value is -6.93. The van der Waals surface area contributed by atoms with Gasteiger partial charge in [-0.05, 0) is 156 Å². The Morgan fingerprint density at radius 2 is 0.768 bits per heavy atom. The Labute approximate surface area is 329 Å². The summed E-state index contributed by atoms with van der Waals surface area (Å²) in [6, 6.07) is 45.4. The highest BCUT2D eigenvalue weighted by atomic mass is 16.5. The molecule has 0 saturated heterocycles. The van der Waals surface area contributed by atoms with E-state index in [-0.39, 0.29) is 0 Å². The van der Waals surface area contributed by atoms with Gasteiger partial charge in [-0.2, -0.15) is 5.10 Å². The molecule has 282 valence electrons. The topological polar surface area (TPSA) is 59.0 Å². The summed E-state index contributed by atoms with van der Waals surface area (Å²) in [7, 11) is 8.67. The molecule has 6 aromatic carbocycles. The first-order chi connectivity index (χ1) is 27.2. The number of hydrogen-bond acceptors (Lipinski definition) is 8. The number of fused-ring (bicyclic) bond motifs is 2. The molecule has 6 aromatic rings. The first kappa shape index (κ1) is 37.4. The number of benzene rings is 6. The standard InChI is InChI=1S/C48H46N4O4/c1-33(2)48(50(4)49-3)46-31-40(51(36-15-23-42(53-5)24-16-36)37-17-25-43(54-6)26-18-37)13-11-34(46)9-10-35-12-14-41(32-47(35)48)52(38-19-27-44(55-7)28-20-38)39-21-29-45(56-8)30-22-39/h9-32H,1,3H2,2,4-8H3. The van der Waals surface area contributed by atoms with Crippen molar-refractivity contribution in [3.8, 4) is 23.0 Å². The first-order valence-electron chi connectivity index (χ1n) is 18.3. The number of hydrazone groups is 1. The van der Waals surface area contributed by atoms with E-state index in [1.807, 2.05) is 60.6 Å². The average Bonchev–Trinajstić information content (AvgIpc) is 3.39. The Morgan fingerprint density at radius 1 is 0.482 bits per heavy atom. The predicted molar refractivity (Wildman–Crippen MR) is 230 cm³/mol. The van der Waals surface area contributed by atoms with E-state index in [1.54, 1.807) is 28.4 Å². The average molecular weight is 743 g/mol. The molecule has 8 heteroatoms. The smallest absolute Gasteiger partial charge is 0.129 e. The zero-order valence-corrected chi connectivity index (χ0v) is 32.7. The third-order valence-corrected chi connectivity index (χ3v) is 10.4. The third-order valence-electron chi connectivity index (χ3n) is 10.4. The van der Waals surface area contributed by atoms with Crippen LogP contribution in [0.5, 0.6) is 23.0 Å². The van der Waals surface area contributed by atoms with Crippen LogP contribution in [-0.4, -0.2) is 47.2 Å². The van der Waals surface area contributed by atoms with Crippen LogP contribution < -0.4 is 28.7 Å². The second-order valence-electron chi connectivity index (χ2n) is 13.5. The van der Waals surface area contributed by atoms with Gasteiger partial charge in [0.15, 0.2) is 0 Å². The minimum atomic E-state index is -0.932. The van der Waals surface area contributed by atoms with E-state index in [4.69, 9.17) is 18.9 Å². The fraction of sp³-hybridized carbons (Fsp3) is 0.146. The van der Waals surface area contributed by atoms with E-state index in [2.05, 4.69) is 132 Å². The zero-order chi connectivity index (χ0) is 39.4. The molecule has 0 bridgehead atoms. The van der Waals surface area contributed by atoms with Gasteiger partial charge in [0.1, 0.15) is 28.5 Å². The van der Waals surface area contributed by atoms with Crippen LogP contribution in [0, 0.1) is 0 Å². The third kappa shape index (κ3) is 6.70. The fourth-order valence-corrected chi connectivity index (χ4v) is 7.62. The predicted octanol–water partition coefficient (Wildman–Crippen LogP) is 11.5. The molecule has 0 atom stereocenters. The van der Waals surface area contributed by atoms with Gasteiger partial charge >= 0.3 is 0 Å². The van der Waals surface area contributed by atoms with Gasteiger partial charge in [0, 0.05) is 47.9 Å². The van der Waals surface area contributed by atoms with Gasteiger partial charge in [-0.15, -0.1) is 0 Å². The molecule has 0 aliphatic heterocycles. The normalized spacial score (nSPS) is 12.3. The van der Waals surface area contributed by atoms with Crippen molar-refractivity contribution in [2.75, 3.05) is 45.3 Å². The molecular formula is C48H46N4O4. The molecule has 0 unspecified atom stereocenters. The largest absolute Gasteiger partial charge is 0.497 e. The summed E-state index contributed by atoms with van der Waals surface area (Å²) in [6.07, 6.45) is 4.35. The highest BCUT2D eigenvalue weighted by molar-refractivity contribution is 5.86. The van der Waals surface area contributed by atoms with Crippen molar-refractivity contribution < 1.29 is 18.9 Å². The summed E-state index contributed by atoms with van der Waals surface area (Å²) < 4.78 is 22.1. The van der Waals surface area contributed by atoms with Crippen molar-refractivity contribution in [2.45, 2.75) is 12.5 Å². The molecule has 0 saturated carbocycles. The fourth-order valence-electron chi connectivity index (χ4n) is 7.62. The second kappa shape index (κ2) is 15.8. The molecule has 0 fully saturated rings. The van der Waals surface area contributed by atoms with Crippen LogP contribution in [0.25, 0.3) is 12.2 Å². The van der Waals surface area contributed by atoms with Crippen molar-refractivity contribution >= 4 is 53.0 Å².